The molecule has 122 valence electrons. The van der Waals surface area contributed by atoms with Crippen molar-refractivity contribution in [2.75, 3.05) is 6.54 Å². The van der Waals surface area contributed by atoms with Gasteiger partial charge in [-0.1, -0.05) is 34.1 Å². The topological polar surface area (TPSA) is 97.1 Å². The highest BCUT2D eigenvalue weighted by molar-refractivity contribution is 9.10. The van der Waals surface area contributed by atoms with Gasteiger partial charge in [0.1, 0.15) is 0 Å². The van der Waals surface area contributed by atoms with E-state index in [1.54, 1.807) is 18.5 Å². The van der Waals surface area contributed by atoms with E-state index in [0.29, 0.717) is 5.69 Å². The van der Waals surface area contributed by atoms with Crippen LogP contribution < -0.4 is 5.32 Å². The van der Waals surface area contributed by atoms with Gasteiger partial charge in [-0.15, -0.1) is 5.10 Å². The summed E-state index contributed by atoms with van der Waals surface area (Å²) in [5.74, 6) is -1.40. The Balaban J connectivity index is 2.09. The number of aromatic nitrogens is 3. The van der Waals surface area contributed by atoms with E-state index in [4.69, 9.17) is 5.11 Å². The lowest BCUT2D eigenvalue weighted by molar-refractivity contribution is -0.137. The fourth-order valence-corrected chi connectivity index (χ4v) is 2.50. The summed E-state index contributed by atoms with van der Waals surface area (Å²) in [6.07, 6.45) is 0.00396. The Kier molecular flexibility index (Phi) is 5.49. The average Bonchev–Trinajstić information content (AvgIpc) is 2.86. The Hall–Kier alpha value is -2.22. The van der Waals surface area contributed by atoms with Crippen LogP contribution in [0.1, 0.15) is 29.5 Å². The van der Waals surface area contributed by atoms with Crippen LogP contribution >= 0.6 is 15.9 Å². The molecule has 0 saturated heterocycles. The summed E-state index contributed by atoms with van der Waals surface area (Å²) < 4.78 is 2.48. The van der Waals surface area contributed by atoms with Gasteiger partial charge in [0.05, 0.1) is 11.4 Å². The number of hydrogen-bond acceptors (Lipinski definition) is 4. The van der Waals surface area contributed by atoms with Gasteiger partial charge >= 0.3 is 5.97 Å². The Morgan fingerprint density at radius 2 is 2.17 bits per heavy atom. The molecule has 0 aliphatic rings. The number of carbonyl (C=O) groups excluding carboxylic acids is 1. The third-order valence-corrected chi connectivity index (χ3v) is 3.79. The molecule has 0 spiro atoms. The summed E-state index contributed by atoms with van der Waals surface area (Å²) in [6.45, 7) is 3.80. The van der Waals surface area contributed by atoms with Crippen molar-refractivity contribution in [1.82, 2.24) is 20.3 Å². The van der Waals surface area contributed by atoms with Crippen LogP contribution in [0.5, 0.6) is 0 Å². The number of aliphatic carboxylic acids is 1. The molecule has 1 amide bonds. The molecule has 0 aliphatic heterocycles. The van der Waals surface area contributed by atoms with E-state index < -0.39 is 5.97 Å². The van der Waals surface area contributed by atoms with Gasteiger partial charge in [0.2, 0.25) is 0 Å². The number of halogens is 1. The van der Waals surface area contributed by atoms with Crippen LogP contribution in [0, 0.1) is 12.8 Å². The monoisotopic (exact) mass is 380 g/mol. The maximum absolute atomic E-state index is 12.2. The average molecular weight is 381 g/mol. The lowest BCUT2D eigenvalue weighted by Crippen LogP contribution is -2.30. The molecule has 7 nitrogen and oxygen atoms in total. The van der Waals surface area contributed by atoms with Gasteiger partial charge in [-0.05, 0) is 31.0 Å². The number of carboxylic acid groups (broad SMARTS) is 1. The number of nitrogens with zero attached hydrogens (tertiary/aromatic N) is 3. The molecule has 0 bridgehead atoms. The molecule has 0 saturated carbocycles. The highest BCUT2D eigenvalue weighted by Crippen LogP contribution is 2.17. The number of carbonyl (C=O) groups is 2. The second kappa shape index (κ2) is 7.36. The minimum absolute atomic E-state index is 0.00396. The Bertz CT molecular complexity index is 729. The van der Waals surface area contributed by atoms with Crippen molar-refractivity contribution in [3.63, 3.8) is 0 Å². The van der Waals surface area contributed by atoms with Crippen molar-refractivity contribution in [2.24, 2.45) is 5.92 Å². The fourth-order valence-electron chi connectivity index (χ4n) is 2.11. The zero-order chi connectivity index (χ0) is 17.0. The molecule has 2 N–H and O–H groups in total. The van der Waals surface area contributed by atoms with Gasteiger partial charge in [-0.3, -0.25) is 9.59 Å². The lowest BCUT2D eigenvalue weighted by Gasteiger charge is -2.09. The first-order valence-electron chi connectivity index (χ1n) is 7.06. The third-order valence-electron chi connectivity index (χ3n) is 3.30. The van der Waals surface area contributed by atoms with E-state index in [9.17, 15) is 9.59 Å². The van der Waals surface area contributed by atoms with Crippen molar-refractivity contribution >= 4 is 27.8 Å². The molecule has 23 heavy (non-hydrogen) atoms. The minimum Gasteiger partial charge on any atom is -0.481 e. The van der Waals surface area contributed by atoms with Crippen LogP contribution in [-0.2, 0) is 4.79 Å². The largest absolute Gasteiger partial charge is 0.481 e. The van der Waals surface area contributed by atoms with Crippen molar-refractivity contribution in [2.45, 2.75) is 20.3 Å². The molecular formula is C15H17BrN4O3. The molecule has 1 unspecified atom stereocenters. The van der Waals surface area contributed by atoms with Gasteiger partial charge in [-0.2, -0.15) is 0 Å². The van der Waals surface area contributed by atoms with E-state index in [1.807, 2.05) is 24.3 Å². The smallest absolute Gasteiger partial charge is 0.303 e. The normalized spacial score (nSPS) is 12.0. The fraction of sp³-hybridized carbons (Fsp3) is 0.333. The summed E-state index contributed by atoms with van der Waals surface area (Å²) in [6, 6.07) is 7.50. The molecule has 8 heteroatoms. The van der Waals surface area contributed by atoms with Gasteiger partial charge in [0, 0.05) is 17.4 Å². The molecular weight excluding hydrogens is 364 g/mol. The summed E-state index contributed by atoms with van der Waals surface area (Å²) in [5.41, 5.74) is 1.64. The summed E-state index contributed by atoms with van der Waals surface area (Å²) in [4.78, 5) is 22.8. The lowest BCUT2D eigenvalue weighted by atomic mass is 10.1. The molecule has 0 aliphatic carbocycles. The first-order chi connectivity index (χ1) is 10.9. The first kappa shape index (κ1) is 17.1. The third kappa shape index (κ3) is 4.38. The predicted octanol–water partition coefficient (Wildman–Crippen LogP) is 2.18. The molecule has 1 aromatic carbocycles. The minimum atomic E-state index is -0.886. The van der Waals surface area contributed by atoms with Gasteiger partial charge < -0.3 is 10.4 Å². The second-order valence-electron chi connectivity index (χ2n) is 5.33. The SMILES string of the molecule is Cc1c(C(=O)NCC(C)CC(=O)O)nnn1-c1cccc(Br)c1. The van der Waals surface area contributed by atoms with Gasteiger partial charge in [0.25, 0.3) is 5.91 Å². The van der Waals surface area contributed by atoms with Crippen LogP contribution in [0.3, 0.4) is 0 Å². The maximum Gasteiger partial charge on any atom is 0.303 e. The number of hydrogen-bond donors (Lipinski definition) is 2. The zero-order valence-electron chi connectivity index (χ0n) is 12.8. The van der Waals surface area contributed by atoms with Crippen molar-refractivity contribution in [1.29, 1.82) is 0 Å². The summed E-state index contributed by atoms with van der Waals surface area (Å²) in [7, 11) is 0. The van der Waals surface area contributed by atoms with E-state index in [1.165, 1.54) is 0 Å². The van der Waals surface area contributed by atoms with E-state index in [0.717, 1.165) is 10.2 Å². The summed E-state index contributed by atoms with van der Waals surface area (Å²) >= 11 is 3.39. The van der Waals surface area contributed by atoms with Crippen LogP contribution in [0.25, 0.3) is 5.69 Å². The molecule has 2 rings (SSSR count). The molecule has 1 heterocycles. The number of nitrogens with one attached hydrogen (secondary N) is 1. The Labute approximate surface area is 141 Å². The van der Waals surface area contributed by atoms with E-state index >= 15 is 0 Å². The second-order valence-corrected chi connectivity index (χ2v) is 6.24. The number of rotatable bonds is 6. The van der Waals surface area contributed by atoms with Crippen molar-refractivity contribution in [3.8, 4) is 5.69 Å². The zero-order valence-corrected chi connectivity index (χ0v) is 14.4. The van der Waals surface area contributed by atoms with Crippen molar-refractivity contribution in [3.05, 3.63) is 40.1 Å². The Morgan fingerprint density at radius 1 is 1.43 bits per heavy atom. The van der Waals surface area contributed by atoms with Crippen LogP contribution in [0.2, 0.25) is 0 Å². The molecule has 0 radical (unpaired) electrons. The number of benzene rings is 1. The summed E-state index contributed by atoms with van der Waals surface area (Å²) in [5, 5.41) is 19.4. The van der Waals surface area contributed by atoms with Gasteiger partial charge in [-0.25, -0.2) is 4.68 Å². The molecule has 1 atom stereocenters. The van der Waals surface area contributed by atoms with E-state index in [2.05, 4.69) is 31.6 Å². The number of amides is 1. The van der Waals surface area contributed by atoms with Crippen LogP contribution in [0.15, 0.2) is 28.7 Å². The quantitative estimate of drug-likeness (QED) is 0.800. The Morgan fingerprint density at radius 3 is 2.83 bits per heavy atom. The van der Waals surface area contributed by atoms with Crippen LogP contribution in [-0.4, -0.2) is 38.5 Å². The molecule has 2 aromatic rings. The maximum atomic E-state index is 12.2. The standard InChI is InChI=1S/C15H17BrN4O3/c1-9(6-13(21)22)8-17-15(23)14-10(2)20(19-18-14)12-5-3-4-11(16)7-12/h3-5,7,9H,6,8H2,1-2H3,(H,17,23)(H,21,22). The highest BCUT2D eigenvalue weighted by Gasteiger charge is 2.18. The van der Waals surface area contributed by atoms with E-state index in [-0.39, 0.29) is 30.5 Å². The van der Waals surface area contributed by atoms with Gasteiger partial charge in [0.15, 0.2) is 5.69 Å². The van der Waals surface area contributed by atoms with Crippen molar-refractivity contribution < 1.29 is 14.7 Å². The highest BCUT2D eigenvalue weighted by atomic mass is 79.9. The molecule has 1 aromatic heterocycles. The number of carboxylic acids is 1. The predicted molar refractivity (Wildman–Crippen MR) is 87.5 cm³/mol. The van der Waals surface area contributed by atoms with Crippen LogP contribution in [0.4, 0.5) is 0 Å². The molecule has 0 fully saturated rings. The first-order valence-corrected chi connectivity index (χ1v) is 7.86.